The van der Waals surface area contributed by atoms with Crippen LogP contribution >= 0.6 is 0 Å². The van der Waals surface area contributed by atoms with E-state index >= 15 is 0 Å². The topological polar surface area (TPSA) is 53.8 Å². The van der Waals surface area contributed by atoms with E-state index in [2.05, 4.69) is 0 Å². The molecule has 5 heavy (non-hydrogen) atoms. The van der Waals surface area contributed by atoms with Crippen LogP contribution in [-0.4, -0.2) is 5.48 Å². The summed E-state index contributed by atoms with van der Waals surface area (Å²) in [6.45, 7) is 4.75. The van der Waals surface area contributed by atoms with Crippen molar-refractivity contribution in [2.24, 2.45) is 0 Å². The molecular weight excluding hydrogens is 120 g/mol. The van der Waals surface area contributed by atoms with Crippen molar-refractivity contribution < 1.29 is 108 Å². The normalized spacial score (nSPS) is 0.400. The first-order valence-electron chi connectivity index (χ1n) is 0.224. The van der Waals surface area contributed by atoms with Gasteiger partial charge in [-0.3, -0.25) is 0 Å². The molecular formula is CHK2NO. The molecule has 0 atom stereocenters. The maximum Gasteiger partial charge on any atom is 1.00 e. The summed E-state index contributed by atoms with van der Waals surface area (Å²) in [5.41, 5.74) is 0. The maximum absolute atomic E-state index is 6.25. The summed E-state index contributed by atoms with van der Waals surface area (Å²) in [4.78, 5) is 0. The van der Waals surface area contributed by atoms with E-state index in [1.807, 2.05) is 0 Å². The molecule has 0 rings (SSSR count). The largest absolute Gasteiger partial charge is 1.00 e. The minimum absolute atomic E-state index is 0. The number of nitrogens with zero attached hydrogens (tertiary/aromatic N) is 1. The Bertz CT molecular complexity index is 14.4. The van der Waals surface area contributed by atoms with Crippen LogP contribution in [0.4, 0.5) is 0 Å². The Labute approximate surface area is 116 Å². The molecule has 0 aromatic heterocycles. The first kappa shape index (κ1) is 25.2. The molecule has 0 aliphatic carbocycles. The third-order valence-corrected chi connectivity index (χ3v) is 0. The van der Waals surface area contributed by atoms with Crippen molar-refractivity contribution in [3.63, 3.8) is 0 Å². The Morgan fingerprint density at radius 1 is 1.00 bits per heavy atom. The fourth-order valence-corrected chi connectivity index (χ4v) is 0. The molecule has 0 heterocycles. The van der Waals surface area contributed by atoms with E-state index in [0.29, 0.717) is 0 Å². The van der Waals surface area contributed by atoms with Crippen LogP contribution in [0, 0.1) is 11.8 Å². The molecule has 0 aliphatic heterocycles. The van der Waals surface area contributed by atoms with Crippen molar-refractivity contribution in [2.75, 3.05) is 0 Å². The summed E-state index contributed by atoms with van der Waals surface area (Å²) in [6, 6.07) is 0. The molecule has 0 bridgehead atoms. The van der Waals surface area contributed by atoms with Gasteiger partial charge in [0.15, 0.2) is 0 Å². The Kier molecular flexibility index (Phi) is 150. The minimum Gasteiger partial charge on any atom is -0.870 e. The van der Waals surface area contributed by atoms with Crippen molar-refractivity contribution in [2.45, 2.75) is 0 Å². The van der Waals surface area contributed by atoms with E-state index in [1.54, 1.807) is 0 Å². The first-order chi connectivity index (χ1) is 1.00. The fourth-order valence-electron chi connectivity index (χ4n) is 0. The second-order valence-corrected chi connectivity index (χ2v) is 0. The molecule has 0 aromatic rings. The zero-order valence-electron chi connectivity index (χ0n) is 3.39. The third-order valence-electron chi connectivity index (χ3n) is 0. The molecule has 2 nitrogen and oxygen atoms in total. The van der Waals surface area contributed by atoms with Gasteiger partial charge in [0.2, 0.25) is 0 Å². The molecule has 0 saturated carbocycles. The van der Waals surface area contributed by atoms with Gasteiger partial charge in [0, 0.05) is 0 Å². The molecule has 0 aromatic carbocycles. The van der Waals surface area contributed by atoms with Gasteiger partial charge in [-0.2, -0.15) is 0 Å². The van der Waals surface area contributed by atoms with E-state index in [-0.39, 0.29) is 108 Å². The fraction of sp³-hybridized carbons (Fsp3) is 0. The molecule has 0 fully saturated rings. The smallest absolute Gasteiger partial charge is 0.870 e. The average Bonchev–Trinajstić information content (AvgIpc) is 1.00. The Hall–Kier alpha value is 2.72. The summed E-state index contributed by atoms with van der Waals surface area (Å²) in [5.74, 6) is 0. The molecule has 0 spiro atoms. The molecule has 0 amide bonds. The summed E-state index contributed by atoms with van der Waals surface area (Å²) in [6.07, 6.45) is 0. The second-order valence-electron chi connectivity index (χ2n) is 0. The molecule has 18 valence electrons. The van der Waals surface area contributed by atoms with Crippen molar-refractivity contribution in [1.82, 2.24) is 0 Å². The van der Waals surface area contributed by atoms with Crippen LogP contribution in [0.5, 0.6) is 0 Å². The van der Waals surface area contributed by atoms with Crippen molar-refractivity contribution in [3.05, 3.63) is 6.57 Å². The molecule has 1 N–H and O–H groups in total. The predicted octanol–water partition coefficient (Wildman–Crippen LogP) is -6.07. The summed E-state index contributed by atoms with van der Waals surface area (Å²) >= 11 is 0. The van der Waals surface area contributed by atoms with Crippen LogP contribution in [0.2, 0.25) is 0 Å². The van der Waals surface area contributed by atoms with Crippen LogP contribution in [-0.2, 0) is 0 Å². The van der Waals surface area contributed by atoms with Gasteiger partial charge in [0.25, 0.3) is 0 Å². The minimum atomic E-state index is 0. The maximum atomic E-state index is 6.25. The monoisotopic (exact) mass is 121 g/mol. The molecule has 0 radical (unpaired) electrons. The SMILES string of the molecule is [C-]#N.[K+].[K+].[OH-]. The molecule has 0 unspecified atom stereocenters. The van der Waals surface area contributed by atoms with Gasteiger partial charge in [0.05, 0.1) is 0 Å². The van der Waals surface area contributed by atoms with Gasteiger partial charge in [-0.1, -0.05) is 0 Å². The van der Waals surface area contributed by atoms with Gasteiger partial charge in [0.1, 0.15) is 0 Å². The number of hydrogen-bond donors (Lipinski definition) is 0. The number of rotatable bonds is 0. The zero-order valence-corrected chi connectivity index (χ0v) is 9.64. The van der Waals surface area contributed by atoms with Crippen LogP contribution in [0.3, 0.4) is 0 Å². The van der Waals surface area contributed by atoms with Crippen LogP contribution in [0.1, 0.15) is 0 Å². The van der Waals surface area contributed by atoms with Crippen LogP contribution < -0.4 is 103 Å². The van der Waals surface area contributed by atoms with Crippen molar-refractivity contribution in [3.8, 4) is 0 Å². The zero-order chi connectivity index (χ0) is 2.00. The van der Waals surface area contributed by atoms with Crippen LogP contribution in [0.15, 0.2) is 0 Å². The molecule has 0 saturated heterocycles. The number of hydrogen-bond acceptors (Lipinski definition) is 2. The van der Waals surface area contributed by atoms with Crippen molar-refractivity contribution >= 4 is 0 Å². The van der Waals surface area contributed by atoms with Gasteiger partial charge < -0.3 is 17.3 Å². The Balaban J connectivity index is -0.00000000167. The first-order valence-corrected chi connectivity index (χ1v) is 0.224. The summed E-state index contributed by atoms with van der Waals surface area (Å²) in [7, 11) is 0. The van der Waals surface area contributed by atoms with E-state index in [0.717, 1.165) is 0 Å². The summed E-state index contributed by atoms with van der Waals surface area (Å²) in [5, 5.41) is 6.25. The quantitative estimate of drug-likeness (QED) is 0.237. The van der Waals surface area contributed by atoms with Crippen LogP contribution in [0.25, 0.3) is 0 Å². The summed E-state index contributed by atoms with van der Waals surface area (Å²) < 4.78 is 0. The van der Waals surface area contributed by atoms with E-state index in [1.165, 1.54) is 0 Å². The Morgan fingerprint density at radius 3 is 1.00 bits per heavy atom. The van der Waals surface area contributed by atoms with Gasteiger partial charge in [-0.15, -0.1) is 0 Å². The van der Waals surface area contributed by atoms with Crippen molar-refractivity contribution in [1.29, 1.82) is 5.26 Å². The predicted molar refractivity (Wildman–Crippen MR) is 6.90 cm³/mol. The third kappa shape index (κ3) is 20.2. The van der Waals surface area contributed by atoms with Gasteiger partial charge in [-0.25, -0.2) is 0 Å². The van der Waals surface area contributed by atoms with Gasteiger partial charge in [-0.05, 0) is 0 Å². The van der Waals surface area contributed by atoms with E-state index in [9.17, 15) is 0 Å². The van der Waals surface area contributed by atoms with E-state index in [4.69, 9.17) is 11.8 Å². The van der Waals surface area contributed by atoms with E-state index < -0.39 is 0 Å². The average molecular weight is 121 g/mol. The second kappa shape index (κ2) is 29.7. The standard InChI is InChI=1S/CN.2K.H2O/c1-2;;;/h;;;1H2/q-1;2*+1;/p-1. The molecule has 4 heteroatoms. The molecule has 0 aliphatic rings. The van der Waals surface area contributed by atoms with Gasteiger partial charge >= 0.3 is 103 Å². The Morgan fingerprint density at radius 2 is 1.00 bits per heavy atom.